The van der Waals surface area contributed by atoms with E-state index in [0.717, 1.165) is 18.9 Å². The summed E-state index contributed by atoms with van der Waals surface area (Å²) in [4.78, 5) is 10.7. The first kappa shape index (κ1) is 14.9. The molecule has 1 aromatic rings. The summed E-state index contributed by atoms with van der Waals surface area (Å²) in [5.74, 6) is 1.96. The van der Waals surface area contributed by atoms with Crippen LogP contribution in [0.4, 0.5) is 11.5 Å². The SMILES string of the molecule is CC(C)Oc1ncnc(N2CCC(C(C)(C)C)C2)c1N. The van der Waals surface area contributed by atoms with E-state index in [0.29, 0.717) is 22.9 Å². The first-order valence-corrected chi connectivity index (χ1v) is 7.31. The summed E-state index contributed by atoms with van der Waals surface area (Å²) < 4.78 is 5.64. The molecule has 1 aliphatic rings. The van der Waals surface area contributed by atoms with Crippen LogP contribution >= 0.6 is 0 Å². The molecule has 1 fully saturated rings. The molecule has 2 rings (SSSR count). The lowest BCUT2D eigenvalue weighted by Gasteiger charge is -2.27. The lowest BCUT2D eigenvalue weighted by Crippen LogP contribution is -2.27. The molecule has 2 heterocycles. The van der Waals surface area contributed by atoms with Gasteiger partial charge in [0.2, 0.25) is 5.88 Å². The minimum absolute atomic E-state index is 0.0564. The van der Waals surface area contributed by atoms with Gasteiger partial charge < -0.3 is 15.4 Å². The van der Waals surface area contributed by atoms with Gasteiger partial charge in [-0.2, -0.15) is 4.98 Å². The number of nitrogens with two attached hydrogens (primary N) is 1. The highest BCUT2D eigenvalue weighted by atomic mass is 16.5. The molecular formula is C15H26N4O. The quantitative estimate of drug-likeness (QED) is 0.921. The molecular weight excluding hydrogens is 252 g/mol. The fourth-order valence-electron chi connectivity index (χ4n) is 2.60. The molecule has 1 aromatic heterocycles. The normalized spacial score (nSPS) is 19.7. The minimum atomic E-state index is 0.0564. The molecule has 0 aliphatic carbocycles. The summed E-state index contributed by atoms with van der Waals surface area (Å²) in [6, 6.07) is 0. The van der Waals surface area contributed by atoms with E-state index >= 15 is 0 Å². The van der Waals surface area contributed by atoms with Gasteiger partial charge in [-0.25, -0.2) is 4.98 Å². The summed E-state index contributed by atoms with van der Waals surface area (Å²) >= 11 is 0. The zero-order chi connectivity index (χ0) is 14.9. The molecule has 2 N–H and O–H groups in total. The van der Waals surface area contributed by atoms with Crippen molar-refractivity contribution in [2.75, 3.05) is 23.7 Å². The number of nitrogen functional groups attached to an aromatic ring is 1. The van der Waals surface area contributed by atoms with Crippen molar-refractivity contribution in [1.29, 1.82) is 0 Å². The van der Waals surface area contributed by atoms with Gasteiger partial charge in [0.05, 0.1) is 6.10 Å². The molecule has 1 saturated heterocycles. The third-order valence-electron chi connectivity index (χ3n) is 3.89. The number of aromatic nitrogens is 2. The van der Waals surface area contributed by atoms with Gasteiger partial charge in [-0.1, -0.05) is 20.8 Å². The van der Waals surface area contributed by atoms with Gasteiger partial charge in [0.1, 0.15) is 12.0 Å². The van der Waals surface area contributed by atoms with E-state index in [9.17, 15) is 0 Å². The second-order valence-corrected chi connectivity index (χ2v) is 6.88. The maximum atomic E-state index is 6.17. The first-order valence-electron chi connectivity index (χ1n) is 7.31. The van der Waals surface area contributed by atoms with Gasteiger partial charge in [0, 0.05) is 13.1 Å². The lowest BCUT2D eigenvalue weighted by atomic mass is 9.80. The van der Waals surface area contributed by atoms with Crippen molar-refractivity contribution >= 4 is 11.5 Å². The van der Waals surface area contributed by atoms with Crippen LogP contribution in [-0.4, -0.2) is 29.2 Å². The van der Waals surface area contributed by atoms with Gasteiger partial charge in [-0.3, -0.25) is 0 Å². The van der Waals surface area contributed by atoms with Crippen LogP contribution in [0.15, 0.2) is 6.33 Å². The van der Waals surface area contributed by atoms with E-state index in [2.05, 4.69) is 35.6 Å². The van der Waals surface area contributed by atoms with Crippen molar-refractivity contribution in [2.45, 2.75) is 47.1 Å². The van der Waals surface area contributed by atoms with Crippen LogP contribution in [0, 0.1) is 11.3 Å². The van der Waals surface area contributed by atoms with E-state index in [1.807, 2.05) is 13.8 Å². The molecule has 1 unspecified atom stereocenters. The van der Waals surface area contributed by atoms with Crippen molar-refractivity contribution in [1.82, 2.24) is 9.97 Å². The number of ether oxygens (including phenoxy) is 1. The Bertz CT molecular complexity index is 467. The van der Waals surface area contributed by atoms with E-state index < -0.39 is 0 Å². The van der Waals surface area contributed by atoms with Crippen LogP contribution in [0.25, 0.3) is 0 Å². The van der Waals surface area contributed by atoms with Crippen molar-refractivity contribution in [2.24, 2.45) is 11.3 Å². The Hall–Kier alpha value is -1.52. The Labute approximate surface area is 121 Å². The molecule has 5 nitrogen and oxygen atoms in total. The van der Waals surface area contributed by atoms with Gasteiger partial charge in [0.25, 0.3) is 0 Å². The van der Waals surface area contributed by atoms with Gasteiger partial charge in [-0.05, 0) is 31.6 Å². The second-order valence-electron chi connectivity index (χ2n) is 6.88. The highest BCUT2D eigenvalue weighted by molar-refractivity contribution is 5.68. The lowest BCUT2D eigenvalue weighted by molar-refractivity contribution is 0.234. The van der Waals surface area contributed by atoms with Gasteiger partial charge in [0.15, 0.2) is 5.82 Å². The van der Waals surface area contributed by atoms with Crippen molar-refractivity contribution < 1.29 is 4.74 Å². The molecule has 20 heavy (non-hydrogen) atoms. The smallest absolute Gasteiger partial charge is 0.242 e. The molecule has 0 amide bonds. The molecule has 0 saturated carbocycles. The highest BCUT2D eigenvalue weighted by Gasteiger charge is 2.33. The van der Waals surface area contributed by atoms with Crippen LogP contribution in [0.1, 0.15) is 41.0 Å². The second kappa shape index (κ2) is 5.46. The summed E-state index contributed by atoms with van der Waals surface area (Å²) in [6.07, 6.45) is 2.77. The van der Waals surface area contributed by atoms with Gasteiger partial charge >= 0.3 is 0 Å². The van der Waals surface area contributed by atoms with Gasteiger partial charge in [-0.15, -0.1) is 0 Å². The van der Waals surface area contributed by atoms with Crippen LogP contribution in [-0.2, 0) is 0 Å². The molecule has 0 bridgehead atoms. The molecule has 1 atom stereocenters. The van der Waals surface area contributed by atoms with Crippen molar-refractivity contribution in [3.8, 4) is 5.88 Å². The molecule has 0 aromatic carbocycles. The number of nitrogens with zero attached hydrogens (tertiary/aromatic N) is 3. The van der Waals surface area contributed by atoms with Crippen LogP contribution in [0.2, 0.25) is 0 Å². The topological polar surface area (TPSA) is 64.3 Å². The third kappa shape index (κ3) is 3.14. The standard InChI is InChI=1S/C15H26N4O/c1-10(2)20-14-12(16)13(17-9-18-14)19-7-6-11(8-19)15(3,4)5/h9-11H,6-8,16H2,1-5H3. The molecule has 0 radical (unpaired) electrons. The Kier molecular flexibility index (Phi) is 4.06. The Morgan fingerprint density at radius 3 is 2.60 bits per heavy atom. The zero-order valence-electron chi connectivity index (χ0n) is 13.2. The fraction of sp³-hybridized carbons (Fsp3) is 0.733. The van der Waals surface area contributed by atoms with E-state index in [4.69, 9.17) is 10.5 Å². The van der Waals surface area contributed by atoms with E-state index in [1.54, 1.807) is 0 Å². The largest absolute Gasteiger partial charge is 0.473 e. The Morgan fingerprint density at radius 2 is 2.05 bits per heavy atom. The van der Waals surface area contributed by atoms with Crippen LogP contribution in [0.3, 0.4) is 0 Å². The number of hydrogen-bond acceptors (Lipinski definition) is 5. The molecule has 1 aliphatic heterocycles. The molecule has 0 spiro atoms. The molecule has 5 heteroatoms. The predicted molar refractivity (Wildman–Crippen MR) is 82.0 cm³/mol. The van der Waals surface area contributed by atoms with Crippen molar-refractivity contribution in [3.63, 3.8) is 0 Å². The van der Waals surface area contributed by atoms with E-state index in [1.165, 1.54) is 12.7 Å². The highest BCUT2D eigenvalue weighted by Crippen LogP contribution is 2.37. The Morgan fingerprint density at radius 1 is 1.35 bits per heavy atom. The fourth-order valence-corrected chi connectivity index (χ4v) is 2.60. The summed E-state index contributed by atoms with van der Waals surface area (Å²) in [6.45, 7) is 12.8. The maximum absolute atomic E-state index is 6.17. The van der Waals surface area contributed by atoms with Crippen LogP contribution < -0.4 is 15.4 Å². The van der Waals surface area contributed by atoms with E-state index in [-0.39, 0.29) is 6.10 Å². The zero-order valence-corrected chi connectivity index (χ0v) is 13.2. The summed E-state index contributed by atoms with van der Waals surface area (Å²) in [7, 11) is 0. The predicted octanol–water partition coefficient (Wildman–Crippen LogP) is 2.72. The average Bonchev–Trinajstić information content (AvgIpc) is 2.80. The van der Waals surface area contributed by atoms with Crippen LogP contribution in [0.5, 0.6) is 5.88 Å². The summed E-state index contributed by atoms with van der Waals surface area (Å²) in [5.41, 5.74) is 7.04. The average molecular weight is 278 g/mol. The third-order valence-corrected chi connectivity index (χ3v) is 3.89. The number of anilines is 2. The minimum Gasteiger partial charge on any atom is -0.473 e. The number of rotatable bonds is 3. The summed E-state index contributed by atoms with van der Waals surface area (Å²) in [5, 5.41) is 0. The molecule has 112 valence electrons. The van der Waals surface area contributed by atoms with Crippen molar-refractivity contribution in [3.05, 3.63) is 6.33 Å². The monoisotopic (exact) mass is 278 g/mol. The Balaban J connectivity index is 2.18. The maximum Gasteiger partial charge on any atom is 0.242 e. The number of hydrogen-bond donors (Lipinski definition) is 1. The first-order chi connectivity index (χ1) is 9.29.